The van der Waals surface area contributed by atoms with Crippen molar-refractivity contribution in [3.8, 4) is 0 Å². The highest BCUT2D eigenvalue weighted by atomic mass is 16.3. The molecule has 29 heavy (non-hydrogen) atoms. The summed E-state index contributed by atoms with van der Waals surface area (Å²) >= 11 is 0. The van der Waals surface area contributed by atoms with Crippen LogP contribution in [0.15, 0.2) is 45.6 Å². The van der Waals surface area contributed by atoms with Crippen molar-refractivity contribution in [3.63, 3.8) is 0 Å². The lowest BCUT2D eigenvalue weighted by atomic mass is 10.1. The smallest absolute Gasteiger partial charge is 0.289 e. The van der Waals surface area contributed by atoms with Crippen LogP contribution in [0.25, 0.3) is 0 Å². The van der Waals surface area contributed by atoms with E-state index in [1.807, 2.05) is 21.7 Å². The highest BCUT2D eigenvalue weighted by molar-refractivity contribution is 5.91. The maximum Gasteiger partial charge on any atom is 0.289 e. The third-order valence-electron chi connectivity index (χ3n) is 5.35. The molecular formula is C20H26N6O3. The van der Waals surface area contributed by atoms with Gasteiger partial charge in [0.15, 0.2) is 11.6 Å². The van der Waals surface area contributed by atoms with E-state index in [1.165, 1.54) is 6.26 Å². The topological polar surface area (TPSA) is 93.4 Å². The van der Waals surface area contributed by atoms with Gasteiger partial charge in [-0.15, -0.1) is 5.10 Å². The minimum atomic E-state index is -0.0533. The van der Waals surface area contributed by atoms with Gasteiger partial charge in [-0.2, -0.15) is 0 Å². The molecule has 0 N–H and O–H groups in total. The second kappa shape index (κ2) is 9.04. The fourth-order valence-electron chi connectivity index (χ4n) is 3.78. The van der Waals surface area contributed by atoms with Crippen molar-refractivity contribution < 1.29 is 13.6 Å². The van der Waals surface area contributed by atoms with Crippen LogP contribution in [0.1, 0.15) is 54.4 Å². The van der Waals surface area contributed by atoms with E-state index < -0.39 is 0 Å². The molecule has 3 aromatic heterocycles. The minimum absolute atomic E-state index is 0.0533. The van der Waals surface area contributed by atoms with Crippen molar-refractivity contribution in [3.05, 3.63) is 54.1 Å². The molecule has 0 aliphatic carbocycles. The van der Waals surface area contributed by atoms with Crippen LogP contribution in [0, 0.1) is 0 Å². The molecule has 4 heterocycles. The fraction of sp³-hybridized carbons (Fsp3) is 0.500. The fourth-order valence-corrected chi connectivity index (χ4v) is 3.78. The highest BCUT2D eigenvalue weighted by Crippen LogP contribution is 2.26. The second-order valence-corrected chi connectivity index (χ2v) is 7.24. The summed E-state index contributed by atoms with van der Waals surface area (Å²) in [6.07, 6.45) is 6.35. The molecule has 1 aliphatic heterocycles. The standard InChI is InChI=1S/C20H26N6O3/c1-2-3-7-17(19-21-22-23-26(19)15-16-6-4-13-28-16)24-9-11-25(12-10-24)20(27)18-8-5-14-29-18/h4-6,8,13-14,17H,2-3,7,9-12,15H2,1H3/t17-/m0/s1. The number of unbranched alkanes of at least 4 members (excludes halogenated alkanes) is 1. The average molecular weight is 398 g/mol. The van der Waals surface area contributed by atoms with E-state index in [0.717, 1.165) is 43.9 Å². The first kappa shape index (κ1) is 19.4. The van der Waals surface area contributed by atoms with Crippen LogP contribution in [0.3, 0.4) is 0 Å². The van der Waals surface area contributed by atoms with Crippen molar-refractivity contribution in [1.82, 2.24) is 30.0 Å². The number of furan rings is 2. The molecule has 0 radical (unpaired) electrons. The van der Waals surface area contributed by atoms with Crippen LogP contribution in [0.4, 0.5) is 0 Å². The molecule has 0 bridgehead atoms. The highest BCUT2D eigenvalue weighted by Gasteiger charge is 2.31. The SMILES string of the molecule is CCCC[C@@H](c1nnnn1Cc1ccco1)N1CCN(C(=O)c2ccco2)CC1. The van der Waals surface area contributed by atoms with Crippen LogP contribution in [-0.2, 0) is 6.54 Å². The van der Waals surface area contributed by atoms with Gasteiger partial charge in [0.1, 0.15) is 12.3 Å². The number of aromatic nitrogens is 4. The van der Waals surface area contributed by atoms with Gasteiger partial charge in [-0.05, 0) is 41.1 Å². The summed E-state index contributed by atoms with van der Waals surface area (Å²) in [7, 11) is 0. The van der Waals surface area contributed by atoms with Gasteiger partial charge in [0.05, 0.1) is 18.6 Å². The molecule has 0 unspecified atom stereocenters. The van der Waals surface area contributed by atoms with Gasteiger partial charge in [-0.1, -0.05) is 19.8 Å². The lowest BCUT2D eigenvalue weighted by Gasteiger charge is -2.38. The van der Waals surface area contributed by atoms with Crippen LogP contribution in [-0.4, -0.2) is 62.1 Å². The predicted octanol–water partition coefficient (Wildman–Crippen LogP) is 2.60. The maximum atomic E-state index is 12.5. The van der Waals surface area contributed by atoms with Crippen LogP contribution >= 0.6 is 0 Å². The van der Waals surface area contributed by atoms with E-state index in [9.17, 15) is 4.79 Å². The van der Waals surface area contributed by atoms with Gasteiger partial charge in [0.2, 0.25) is 0 Å². The van der Waals surface area contributed by atoms with Crippen molar-refractivity contribution in [2.45, 2.75) is 38.8 Å². The number of hydrogen-bond acceptors (Lipinski definition) is 7. The first-order chi connectivity index (χ1) is 14.3. The molecule has 1 aliphatic rings. The summed E-state index contributed by atoms with van der Waals surface area (Å²) < 4.78 is 12.5. The Hall–Kier alpha value is -2.94. The molecule has 0 saturated carbocycles. The van der Waals surface area contributed by atoms with Crippen LogP contribution in [0.2, 0.25) is 0 Å². The van der Waals surface area contributed by atoms with Crippen LogP contribution < -0.4 is 0 Å². The number of carbonyl (C=O) groups excluding carboxylic acids is 1. The monoisotopic (exact) mass is 398 g/mol. The Balaban J connectivity index is 1.46. The number of tetrazole rings is 1. The molecular weight excluding hydrogens is 372 g/mol. The number of piperazine rings is 1. The number of amides is 1. The largest absolute Gasteiger partial charge is 0.467 e. The van der Waals surface area contributed by atoms with Gasteiger partial charge in [0, 0.05) is 26.2 Å². The van der Waals surface area contributed by atoms with Gasteiger partial charge in [0.25, 0.3) is 5.91 Å². The Morgan fingerprint density at radius 1 is 1.14 bits per heavy atom. The van der Waals surface area contributed by atoms with Gasteiger partial charge in [-0.3, -0.25) is 9.69 Å². The Labute approximate surface area is 169 Å². The third kappa shape index (κ3) is 4.40. The lowest BCUT2D eigenvalue weighted by molar-refractivity contribution is 0.0513. The molecule has 1 fully saturated rings. The van der Waals surface area contributed by atoms with Crippen molar-refractivity contribution >= 4 is 5.91 Å². The predicted molar refractivity (Wildman–Crippen MR) is 104 cm³/mol. The Morgan fingerprint density at radius 2 is 1.93 bits per heavy atom. The molecule has 4 rings (SSSR count). The number of carbonyl (C=O) groups is 1. The summed E-state index contributed by atoms with van der Waals surface area (Å²) in [6.45, 7) is 5.55. The number of nitrogens with zero attached hydrogens (tertiary/aromatic N) is 6. The van der Waals surface area contributed by atoms with Gasteiger partial charge < -0.3 is 13.7 Å². The van der Waals surface area contributed by atoms with E-state index in [0.29, 0.717) is 25.4 Å². The zero-order chi connectivity index (χ0) is 20.1. The first-order valence-corrected chi connectivity index (χ1v) is 10.1. The zero-order valence-corrected chi connectivity index (χ0v) is 16.6. The number of rotatable bonds is 8. The quantitative estimate of drug-likeness (QED) is 0.576. The van der Waals surface area contributed by atoms with Crippen molar-refractivity contribution in [2.24, 2.45) is 0 Å². The van der Waals surface area contributed by atoms with Crippen molar-refractivity contribution in [1.29, 1.82) is 0 Å². The summed E-state index contributed by atoms with van der Waals surface area (Å²) in [5.41, 5.74) is 0. The van der Waals surface area contributed by atoms with E-state index in [4.69, 9.17) is 8.83 Å². The molecule has 9 heteroatoms. The van der Waals surface area contributed by atoms with Gasteiger partial charge >= 0.3 is 0 Å². The number of hydrogen-bond donors (Lipinski definition) is 0. The summed E-state index contributed by atoms with van der Waals surface area (Å²) in [6, 6.07) is 7.35. The average Bonchev–Trinajstić information content (AvgIpc) is 3.52. The maximum absolute atomic E-state index is 12.5. The van der Waals surface area contributed by atoms with Crippen molar-refractivity contribution in [2.75, 3.05) is 26.2 Å². The summed E-state index contributed by atoms with van der Waals surface area (Å²) in [5.74, 6) is 2.01. The van der Waals surface area contributed by atoms with E-state index >= 15 is 0 Å². The Bertz CT molecular complexity index is 881. The molecule has 1 saturated heterocycles. The first-order valence-electron chi connectivity index (χ1n) is 10.1. The normalized spacial score (nSPS) is 16.2. The minimum Gasteiger partial charge on any atom is -0.467 e. The molecule has 0 spiro atoms. The van der Waals surface area contributed by atoms with E-state index in [2.05, 4.69) is 27.3 Å². The third-order valence-corrected chi connectivity index (χ3v) is 5.35. The van der Waals surface area contributed by atoms with Crippen LogP contribution in [0.5, 0.6) is 0 Å². The summed E-state index contributed by atoms with van der Waals surface area (Å²) in [5, 5.41) is 12.4. The molecule has 3 aromatic rings. The second-order valence-electron chi connectivity index (χ2n) is 7.24. The Morgan fingerprint density at radius 3 is 2.62 bits per heavy atom. The molecule has 1 atom stereocenters. The zero-order valence-electron chi connectivity index (χ0n) is 16.6. The molecule has 1 amide bonds. The van der Waals surface area contributed by atoms with Gasteiger partial charge in [-0.25, -0.2) is 4.68 Å². The summed E-state index contributed by atoms with van der Waals surface area (Å²) in [4.78, 5) is 16.8. The van der Waals surface area contributed by atoms with E-state index in [-0.39, 0.29) is 11.9 Å². The molecule has 0 aromatic carbocycles. The Kier molecular flexibility index (Phi) is 6.04. The molecule has 9 nitrogen and oxygen atoms in total. The van der Waals surface area contributed by atoms with E-state index in [1.54, 1.807) is 18.4 Å². The molecule has 154 valence electrons. The lowest BCUT2D eigenvalue weighted by Crippen LogP contribution is -2.50.